The van der Waals surface area contributed by atoms with E-state index in [1.54, 1.807) is 7.11 Å². The third-order valence-corrected chi connectivity index (χ3v) is 3.82. The summed E-state index contributed by atoms with van der Waals surface area (Å²) in [5.41, 5.74) is 1.79. The molecule has 0 radical (unpaired) electrons. The lowest BCUT2D eigenvalue weighted by Gasteiger charge is -2.17. The lowest BCUT2D eigenvalue weighted by atomic mass is 9.95. The van der Waals surface area contributed by atoms with Gasteiger partial charge in [0, 0.05) is 22.2 Å². The molecule has 1 heterocycles. The van der Waals surface area contributed by atoms with Crippen molar-refractivity contribution in [3.63, 3.8) is 0 Å². The third-order valence-electron chi connectivity index (χ3n) is 3.82. The number of hydrogen-bond acceptors (Lipinski definition) is 5. The summed E-state index contributed by atoms with van der Waals surface area (Å²) in [6.07, 6.45) is 0. The molecule has 134 valence electrons. The molecule has 0 atom stereocenters. The molecule has 1 N–H and O–H groups in total. The Labute approximate surface area is 152 Å². The minimum absolute atomic E-state index is 0.0564. The first-order valence-electron chi connectivity index (χ1n) is 8.27. The van der Waals surface area contributed by atoms with Gasteiger partial charge in [-0.05, 0) is 42.5 Å². The van der Waals surface area contributed by atoms with Gasteiger partial charge < -0.3 is 14.6 Å². The molecule has 0 saturated heterocycles. The van der Waals surface area contributed by atoms with Crippen LogP contribution >= 0.6 is 0 Å². The summed E-state index contributed by atoms with van der Waals surface area (Å²) in [5.74, 6) is 1.59. The van der Waals surface area contributed by atoms with Gasteiger partial charge in [0.1, 0.15) is 5.75 Å². The highest BCUT2D eigenvalue weighted by atomic mass is 16.5. The average Bonchev–Trinajstić information content (AvgIpc) is 3.11. The quantitative estimate of drug-likeness (QED) is 0.754. The van der Waals surface area contributed by atoms with E-state index < -0.39 is 5.41 Å². The average molecular weight is 351 g/mol. The van der Waals surface area contributed by atoms with Gasteiger partial charge in [-0.3, -0.25) is 4.79 Å². The molecule has 0 aliphatic carbocycles. The SMILES string of the molecule is COc1ccc(-c2noc(-c3cccc(NC(=O)C(C)(C)C)c3)n2)cc1. The van der Waals surface area contributed by atoms with Crippen LogP contribution in [0.2, 0.25) is 0 Å². The summed E-state index contributed by atoms with van der Waals surface area (Å²) in [4.78, 5) is 16.6. The van der Waals surface area contributed by atoms with Crippen molar-refractivity contribution in [1.82, 2.24) is 10.1 Å². The Bertz CT molecular complexity index is 909. The fraction of sp³-hybridized carbons (Fsp3) is 0.250. The van der Waals surface area contributed by atoms with Gasteiger partial charge in [-0.1, -0.05) is 32.0 Å². The lowest BCUT2D eigenvalue weighted by molar-refractivity contribution is -0.123. The third kappa shape index (κ3) is 3.91. The van der Waals surface area contributed by atoms with E-state index in [0.717, 1.165) is 16.9 Å². The maximum Gasteiger partial charge on any atom is 0.258 e. The highest BCUT2D eigenvalue weighted by Crippen LogP contribution is 2.26. The highest BCUT2D eigenvalue weighted by molar-refractivity contribution is 5.94. The van der Waals surface area contributed by atoms with Gasteiger partial charge >= 0.3 is 0 Å². The molecule has 0 aliphatic rings. The number of amides is 1. The minimum Gasteiger partial charge on any atom is -0.497 e. The molecule has 3 rings (SSSR count). The summed E-state index contributed by atoms with van der Waals surface area (Å²) >= 11 is 0. The molecule has 0 bridgehead atoms. The van der Waals surface area contributed by atoms with Crippen LogP contribution in [0.1, 0.15) is 20.8 Å². The van der Waals surface area contributed by atoms with Crippen LogP contribution in [0.4, 0.5) is 5.69 Å². The summed E-state index contributed by atoms with van der Waals surface area (Å²) in [6.45, 7) is 5.60. The van der Waals surface area contributed by atoms with E-state index in [1.807, 2.05) is 69.3 Å². The second-order valence-corrected chi connectivity index (χ2v) is 6.94. The van der Waals surface area contributed by atoms with Crippen LogP contribution in [-0.2, 0) is 4.79 Å². The van der Waals surface area contributed by atoms with E-state index in [1.165, 1.54) is 0 Å². The van der Waals surface area contributed by atoms with Crippen molar-refractivity contribution in [1.29, 1.82) is 0 Å². The van der Waals surface area contributed by atoms with E-state index in [-0.39, 0.29) is 5.91 Å². The maximum absolute atomic E-state index is 12.2. The highest BCUT2D eigenvalue weighted by Gasteiger charge is 2.21. The summed E-state index contributed by atoms with van der Waals surface area (Å²) in [7, 11) is 1.62. The topological polar surface area (TPSA) is 77.3 Å². The Hall–Kier alpha value is -3.15. The molecule has 2 aromatic carbocycles. The zero-order valence-corrected chi connectivity index (χ0v) is 15.2. The predicted molar refractivity (Wildman–Crippen MR) is 99.8 cm³/mol. The van der Waals surface area contributed by atoms with Gasteiger partial charge in [-0.2, -0.15) is 4.98 Å². The first-order valence-corrected chi connectivity index (χ1v) is 8.27. The van der Waals surface area contributed by atoms with Crippen molar-refractivity contribution in [2.75, 3.05) is 12.4 Å². The Morgan fingerprint density at radius 3 is 2.46 bits per heavy atom. The molecule has 1 aromatic heterocycles. The smallest absolute Gasteiger partial charge is 0.258 e. The van der Waals surface area contributed by atoms with Crippen molar-refractivity contribution in [3.8, 4) is 28.6 Å². The number of carbonyl (C=O) groups is 1. The Morgan fingerprint density at radius 2 is 1.81 bits per heavy atom. The lowest BCUT2D eigenvalue weighted by Crippen LogP contribution is -2.27. The number of methoxy groups -OCH3 is 1. The van der Waals surface area contributed by atoms with Crippen LogP contribution in [-0.4, -0.2) is 23.2 Å². The number of aromatic nitrogens is 2. The number of anilines is 1. The number of benzene rings is 2. The zero-order valence-electron chi connectivity index (χ0n) is 15.2. The largest absolute Gasteiger partial charge is 0.497 e. The zero-order chi connectivity index (χ0) is 18.7. The summed E-state index contributed by atoms with van der Waals surface area (Å²) in [5, 5.41) is 6.93. The van der Waals surface area contributed by atoms with Crippen LogP contribution in [0.3, 0.4) is 0 Å². The van der Waals surface area contributed by atoms with Crippen LogP contribution in [0.15, 0.2) is 53.1 Å². The maximum atomic E-state index is 12.2. The van der Waals surface area contributed by atoms with Crippen LogP contribution < -0.4 is 10.1 Å². The van der Waals surface area contributed by atoms with Gasteiger partial charge in [0.2, 0.25) is 11.7 Å². The molecule has 26 heavy (non-hydrogen) atoms. The molecule has 0 fully saturated rings. The molecular weight excluding hydrogens is 330 g/mol. The van der Waals surface area contributed by atoms with E-state index in [0.29, 0.717) is 17.4 Å². The number of carbonyl (C=O) groups excluding carboxylic acids is 1. The van der Waals surface area contributed by atoms with Crippen molar-refractivity contribution >= 4 is 11.6 Å². The van der Waals surface area contributed by atoms with Crippen LogP contribution in [0, 0.1) is 5.41 Å². The van der Waals surface area contributed by atoms with E-state index >= 15 is 0 Å². The van der Waals surface area contributed by atoms with E-state index in [9.17, 15) is 4.79 Å². The van der Waals surface area contributed by atoms with Crippen LogP contribution in [0.5, 0.6) is 5.75 Å². The number of rotatable bonds is 4. The van der Waals surface area contributed by atoms with Crippen LogP contribution in [0.25, 0.3) is 22.8 Å². The van der Waals surface area contributed by atoms with Gasteiger partial charge in [-0.15, -0.1) is 0 Å². The normalized spacial score (nSPS) is 11.2. The molecule has 6 heteroatoms. The summed E-state index contributed by atoms with van der Waals surface area (Å²) < 4.78 is 10.5. The standard InChI is InChI=1S/C20H21N3O3/c1-20(2,3)19(24)21-15-7-5-6-14(12-15)18-22-17(23-26-18)13-8-10-16(25-4)11-9-13/h5-12H,1-4H3,(H,21,24). The second kappa shape index (κ2) is 7.00. The molecular formula is C20H21N3O3. The van der Waals surface area contributed by atoms with Crippen molar-refractivity contribution in [2.24, 2.45) is 5.41 Å². The van der Waals surface area contributed by atoms with Crippen molar-refractivity contribution < 1.29 is 14.1 Å². The molecule has 1 amide bonds. The van der Waals surface area contributed by atoms with Crippen molar-refractivity contribution in [2.45, 2.75) is 20.8 Å². The van der Waals surface area contributed by atoms with E-state index in [4.69, 9.17) is 9.26 Å². The Kier molecular flexibility index (Phi) is 4.75. The Balaban J connectivity index is 1.83. The van der Waals surface area contributed by atoms with Gasteiger partial charge in [0.05, 0.1) is 7.11 Å². The van der Waals surface area contributed by atoms with Gasteiger partial charge in [-0.25, -0.2) is 0 Å². The number of ether oxygens (including phenoxy) is 1. The first-order chi connectivity index (χ1) is 12.4. The molecule has 0 unspecified atom stereocenters. The van der Waals surface area contributed by atoms with Gasteiger partial charge in [0.15, 0.2) is 0 Å². The molecule has 0 spiro atoms. The molecule has 6 nitrogen and oxygen atoms in total. The molecule has 0 saturated carbocycles. The first kappa shape index (κ1) is 17.7. The fourth-order valence-corrected chi connectivity index (χ4v) is 2.25. The second-order valence-electron chi connectivity index (χ2n) is 6.94. The molecule has 0 aliphatic heterocycles. The number of nitrogens with one attached hydrogen (secondary N) is 1. The van der Waals surface area contributed by atoms with Gasteiger partial charge in [0.25, 0.3) is 5.89 Å². The fourth-order valence-electron chi connectivity index (χ4n) is 2.25. The summed E-state index contributed by atoms with van der Waals surface area (Å²) in [6, 6.07) is 14.8. The number of nitrogens with zero attached hydrogens (tertiary/aromatic N) is 2. The Morgan fingerprint density at radius 1 is 1.08 bits per heavy atom. The van der Waals surface area contributed by atoms with E-state index in [2.05, 4.69) is 15.5 Å². The predicted octanol–water partition coefficient (Wildman–Crippen LogP) is 4.40. The minimum atomic E-state index is -0.470. The molecule has 3 aromatic rings. The monoisotopic (exact) mass is 351 g/mol. The number of hydrogen-bond donors (Lipinski definition) is 1. The van der Waals surface area contributed by atoms with Crippen molar-refractivity contribution in [3.05, 3.63) is 48.5 Å².